The summed E-state index contributed by atoms with van der Waals surface area (Å²) in [6.07, 6.45) is 2.70. The van der Waals surface area contributed by atoms with Gasteiger partial charge >= 0.3 is 0 Å². The lowest BCUT2D eigenvalue weighted by Gasteiger charge is -2.33. The molecule has 0 aliphatic carbocycles. The molecule has 1 N–H and O–H groups in total. The first kappa shape index (κ1) is 19.5. The van der Waals surface area contributed by atoms with Gasteiger partial charge in [0.2, 0.25) is 5.79 Å². The zero-order valence-corrected chi connectivity index (χ0v) is 15.5. The van der Waals surface area contributed by atoms with Crippen molar-refractivity contribution in [1.82, 2.24) is 14.8 Å². The highest BCUT2D eigenvalue weighted by molar-refractivity contribution is 7.85. The van der Waals surface area contributed by atoms with Crippen molar-refractivity contribution in [3.63, 3.8) is 0 Å². The van der Waals surface area contributed by atoms with Crippen LogP contribution in [0.15, 0.2) is 30.9 Å². The molecule has 1 aromatic heterocycles. The van der Waals surface area contributed by atoms with Crippen LogP contribution in [0.2, 0.25) is 10.0 Å². The molecular formula is C14H14Cl2N3O6S-. The molecule has 0 spiro atoms. The van der Waals surface area contributed by atoms with Crippen LogP contribution < -0.4 is 0 Å². The minimum absolute atomic E-state index is 0.0466. The van der Waals surface area contributed by atoms with Gasteiger partial charge in [0.15, 0.2) is 0 Å². The fraction of sp³-hybridized carbons (Fsp3) is 0.429. The minimum Gasteiger partial charge on any atom is -0.748 e. The number of nitrogens with zero attached hydrogens (tertiary/aromatic N) is 3. The van der Waals surface area contributed by atoms with Gasteiger partial charge in [0.05, 0.1) is 34.1 Å². The van der Waals surface area contributed by atoms with Gasteiger partial charge in [-0.2, -0.15) is 5.10 Å². The van der Waals surface area contributed by atoms with Gasteiger partial charge in [-0.3, -0.25) is 0 Å². The van der Waals surface area contributed by atoms with E-state index >= 15 is 0 Å². The van der Waals surface area contributed by atoms with E-state index in [-0.39, 0.29) is 18.2 Å². The number of hydrogen-bond donors (Lipinski definition) is 1. The summed E-state index contributed by atoms with van der Waals surface area (Å²) in [6, 6.07) is 4.58. The Hall–Kier alpha value is -1.27. The molecule has 1 aliphatic heterocycles. The zero-order chi connectivity index (χ0) is 19.0. The molecule has 142 valence electrons. The Morgan fingerprint density at radius 2 is 2.15 bits per heavy atom. The molecular weight excluding hydrogens is 409 g/mol. The van der Waals surface area contributed by atoms with E-state index in [1.54, 1.807) is 12.1 Å². The highest BCUT2D eigenvalue weighted by Crippen LogP contribution is 2.44. The second-order valence-corrected chi connectivity index (χ2v) is 8.15. The molecule has 2 atom stereocenters. The molecule has 1 aromatic carbocycles. The van der Waals surface area contributed by atoms with Crippen LogP contribution in [0.4, 0.5) is 0 Å². The van der Waals surface area contributed by atoms with Crippen LogP contribution in [-0.4, -0.2) is 57.4 Å². The highest BCUT2D eigenvalue weighted by atomic mass is 35.5. The molecule has 9 nitrogen and oxygen atoms in total. The minimum atomic E-state index is -4.69. The summed E-state index contributed by atoms with van der Waals surface area (Å²) >= 11 is 12.2. The summed E-state index contributed by atoms with van der Waals surface area (Å²) in [4.78, 5) is 3.83. The quantitative estimate of drug-likeness (QED) is 0.675. The van der Waals surface area contributed by atoms with Crippen molar-refractivity contribution in [2.75, 3.05) is 19.0 Å². The normalized spacial score (nSPS) is 26.3. The maximum Gasteiger partial charge on any atom is 0.217 e. The first-order valence-corrected chi connectivity index (χ1v) is 9.67. The molecule has 2 aromatic rings. The maximum atomic E-state index is 11.3. The van der Waals surface area contributed by atoms with Gasteiger partial charge in [0.25, 0.3) is 0 Å². The van der Waals surface area contributed by atoms with E-state index in [4.69, 9.17) is 32.7 Å². The van der Waals surface area contributed by atoms with Gasteiger partial charge < -0.3 is 19.1 Å². The highest BCUT2D eigenvalue weighted by Gasteiger charge is 2.53. The molecule has 0 radical (unpaired) electrons. The number of rotatable bonds is 6. The monoisotopic (exact) mass is 422 g/mol. The predicted molar refractivity (Wildman–Crippen MR) is 89.6 cm³/mol. The van der Waals surface area contributed by atoms with Crippen LogP contribution in [0.3, 0.4) is 0 Å². The summed E-state index contributed by atoms with van der Waals surface area (Å²) in [5, 5.41) is 14.3. The third-order valence-electron chi connectivity index (χ3n) is 3.86. The standard InChI is InChI=1S/C14H15Cl2N3O6S/c15-10-1-2-11(12(16)3-10)14(4-19-9-17-8-18-19)24-6-13(5-20,25-14)7-26(21,22)23/h1-3,8-9,20H,4-7H2,(H,21,22,23)/p-1/t13-,14+/m1/s1. The van der Waals surface area contributed by atoms with E-state index < -0.39 is 33.9 Å². The van der Waals surface area contributed by atoms with Crippen LogP contribution in [0.25, 0.3) is 0 Å². The Bertz CT molecular complexity index is 894. The molecule has 0 saturated carbocycles. The number of ether oxygens (including phenoxy) is 2. The Labute approximate surface area is 159 Å². The zero-order valence-electron chi connectivity index (χ0n) is 13.2. The van der Waals surface area contributed by atoms with Gasteiger partial charge in [-0.15, -0.1) is 0 Å². The number of hydrogen-bond acceptors (Lipinski definition) is 8. The van der Waals surface area contributed by atoms with Crippen LogP contribution in [0, 0.1) is 0 Å². The van der Waals surface area contributed by atoms with Gasteiger partial charge in [0, 0.05) is 10.6 Å². The van der Waals surface area contributed by atoms with Crippen LogP contribution >= 0.6 is 23.2 Å². The maximum absolute atomic E-state index is 11.3. The summed E-state index contributed by atoms with van der Waals surface area (Å²) in [5.74, 6) is -2.55. The van der Waals surface area contributed by atoms with Crippen LogP contribution in [0.1, 0.15) is 5.56 Å². The van der Waals surface area contributed by atoms with Crippen molar-refractivity contribution in [2.45, 2.75) is 17.9 Å². The molecule has 3 rings (SSSR count). The fourth-order valence-electron chi connectivity index (χ4n) is 2.80. The number of aliphatic hydroxyl groups excluding tert-OH is 1. The van der Waals surface area contributed by atoms with Crippen molar-refractivity contribution in [3.8, 4) is 0 Å². The van der Waals surface area contributed by atoms with E-state index in [1.165, 1.54) is 23.4 Å². The smallest absolute Gasteiger partial charge is 0.217 e. The van der Waals surface area contributed by atoms with Crippen molar-refractivity contribution in [2.24, 2.45) is 0 Å². The molecule has 0 amide bonds. The number of halogens is 2. The van der Waals surface area contributed by atoms with Gasteiger partial charge in [-0.25, -0.2) is 18.1 Å². The Kier molecular flexibility index (Phi) is 5.28. The van der Waals surface area contributed by atoms with Gasteiger partial charge in [-0.1, -0.05) is 29.3 Å². The van der Waals surface area contributed by atoms with Crippen LogP contribution in [-0.2, 0) is 31.9 Å². The summed E-state index contributed by atoms with van der Waals surface area (Å²) in [6.45, 7) is -1.12. The molecule has 1 fully saturated rings. The van der Waals surface area contributed by atoms with Gasteiger partial charge in [-0.05, 0) is 12.1 Å². The fourth-order valence-corrected chi connectivity index (χ4v) is 4.23. The summed E-state index contributed by atoms with van der Waals surface area (Å²) in [5.41, 5.74) is -1.39. The summed E-state index contributed by atoms with van der Waals surface area (Å²) < 4.78 is 46.8. The number of aliphatic hydroxyl groups is 1. The number of aromatic nitrogens is 3. The van der Waals surface area contributed by atoms with E-state index in [9.17, 15) is 18.1 Å². The first-order chi connectivity index (χ1) is 12.2. The molecule has 2 heterocycles. The van der Waals surface area contributed by atoms with Crippen molar-refractivity contribution >= 4 is 33.3 Å². The lowest BCUT2D eigenvalue weighted by atomic mass is 10.0. The third kappa shape index (κ3) is 4.01. The van der Waals surface area contributed by atoms with E-state index in [2.05, 4.69) is 10.1 Å². The second-order valence-electron chi connectivity index (χ2n) is 5.90. The largest absolute Gasteiger partial charge is 0.748 e. The van der Waals surface area contributed by atoms with E-state index in [0.29, 0.717) is 10.6 Å². The number of benzene rings is 1. The van der Waals surface area contributed by atoms with Crippen molar-refractivity contribution in [1.29, 1.82) is 0 Å². The van der Waals surface area contributed by atoms with E-state index in [1.807, 2.05) is 0 Å². The lowest BCUT2D eigenvalue weighted by Crippen LogP contribution is -2.46. The third-order valence-corrected chi connectivity index (χ3v) is 5.28. The average Bonchev–Trinajstić information content (AvgIpc) is 3.15. The average molecular weight is 423 g/mol. The SMILES string of the molecule is O=S(=O)([O-])C[C@@]1(CO)CO[C@](Cn2cncn2)(c2ccc(Cl)cc2Cl)O1. The Balaban J connectivity index is 2.05. The molecule has 26 heavy (non-hydrogen) atoms. The van der Waals surface area contributed by atoms with Crippen molar-refractivity contribution in [3.05, 3.63) is 46.5 Å². The summed E-state index contributed by atoms with van der Waals surface area (Å²) in [7, 11) is -4.69. The molecule has 12 heteroatoms. The van der Waals surface area contributed by atoms with E-state index in [0.717, 1.165) is 0 Å². The lowest BCUT2D eigenvalue weighted by molar-refractivity contribution is -0.208. The molecule has 0 bridgehead atoms. The molecule has 0 unspecified atom stereocenters. The predicted octanol–water partition coefficient (Wildman–Crippen LogP) is 0.761. The molecule has 1 saturated heterocycles. The Morgan fingerprint density at radius 3 is 2.73 bits per heavy atom. The first-order valence-electron chi connectivity index (χ1n) is 7.34. The van der Waals surface area contributed by atoms with Gasteiger partial charge in [0.1, 0.15) is 24.8 Å². The Morgan fingerprint density at radius 1 is 1.38 bits per heavy atom. The van der Waals surface area contributed by atoms with Crippen LogP contribution in [0.5, 0.6) is 0 Å². The topological polar surface area (TPSA) is 127 Å². The van der Waals surface area contributed by atoms with Crippen molar-refractivity contribution < 1.29 is 27.6 Å². The second kappa shape index (κ2) is 7.04. The molecule has 1 aliphatic rings.